The van der Waals surface area contributed by atoms with Crippen molar-refractivity contribution >= 4 is 11.7 Å². The molecule has 2 rings (SSSR count). The van der Waals surface area contributed by atoms with Crippen LogP contribution in [0.15, 0.2) is 10.7 Å². The van der Waals surface area contributed by atoms with Gasteiger partial charge < -0.3 is 15.6 Å². The van der Waals surface area contributed by atoms with E-state index in [1.807, 2.05) is 0 Å². The van der Waals surface area contributed by atoms with Crippen LogP contribution in [0.2, 0.25) is 0 Å². The number of H-pyrrole nitrogens is 1. The van der Waals surface area contributed by atoms with Gasteiger partial charge in [0.2, 0.25) is 5.89 Å². The first kappa shape index (κ1) is 11.1. The van der Waals surface area contributed by atoms with E-state index in [-0.39, 0.29) is 11.7 Å². The quantitative estimate of drug-likeness (QED) is 0.667. The molecule has 0 atom stereocenters. The minimum absolute atomic E-state index is 0.248. The van der Waals surface area contributed by atoms with Crippen LogP contribution in [0.1, 0.15) is 22.1 Å². The van der Waals surface area contributed by atoms with E-state index >= 15 is 0 Å². The number of carbonyl (C=O) groups is 1. The standard InChI is InChI=1S/C9H12N6O2/c1-5-13-7(15-17-5)2-3-11-9(16)6-4-12-14-8(6)10/h4H,2-3H2,1H3,(H,11,16)(H3,10,12,14). The number of aromatic amines is 1. The van der Waals surface area contributed by atoms with E-state index in [0.29, 0.717) is 30.2 Å². The van der Waals surface area contributed by atoms with Gasteiger partial charge >= 0.3 is 0 Å². The van der Waals surface area contributed by atoms with Crippen molar-refractivity contribution in [1.29, 1.82) is 0 Å². The van der Waals surface area contributed by atoms with Crippen LogP contribution >= 0.6 is 0 Å². The third-order valence-corrected chi connectivity index (χ3v) is 2.12. The first-order chi connectivity index (χ1) is 8.16. The fraction of sp³-hybridized carbons (Fsp3) is 0.333. The molecule has 0 aliphatic heterocycles. The van der Waals surface area contributed by atoms with Gasteiger partial charge in [0.25, 0.3) is 5.91 Å². The molecule has 0 saturated heterocycles. The Morgan fingerprint density at radius 3 is 3.06 bits per heavy atom. The normalized spacial score (nSPS) is 10.4. The maximum atomic E-state index is 11.6. The summed E-state index contributed by atoms with van der Waals surface area (Å²) >= 11 is 0. The van der Waals surface area contributed by atoms with E-state index in [2.05, 4.69) is 25.7 Å². The van der Waals surface area contributed by atoms with Gasteiger partial charge in [-0.05, 0) is 0 Å². The average molecular weight is 236 g/mol. The van der Waals surface area contributed by atoms with E-state index in [0.717, 1.165) is 0 Å². The number of nitrogens with zero attached hydrogens (tertiary/aromatic N) is 3. The zero-order valence-corrected chi connectivity index (χ0v) is 9.23. The molecule has 90 valence electrons. The summed E-state index contributed by atoms with van der Waals surface area (Å²) in [7, 11) is 0. The summed E-state index contributed by atoms with van der Waals surface area (Å²) in [5.74, 6) is 1.03. The fourth-order valence-corrected chi connectivity index (χ4v) is 1.30. The lowest BCUT2D eigenvalue weighted by Crippen LogP contribution is -2.26. The third kappa shape index (κ3) is 2.60. The predicted octanol–water partition coefficient (Wildman–Crippen LogP) is -0.344. The topological polar surface area (TPSA) is 123 Å². The Labute approximate surface area is 96.6 Å². The number of nitrogen functional groups attached to an aromatic ring is 1. The highest BCUT2D eigenvalue weighted by Gasteiger charge is 2.11. The van der Waals surface area contributed by atoms with Crippen molar-refractivity contribution < 1.29 is 9.32 Å². The van der Waals surface area contributed by atoms with E-state index in [9.17, 15) is 4.79 Å². The van der Waals surface area contributed by atoms with Crippen molar-refractivity contribution in [2.75, 3.05) is 12.3 Å². The molecular weight excluding hydrogens is 224 g/mol. The Morgan fingerprint density at radius 1 is 1.65 bits per heavy atom. The van der Waals surface area contributed by atoms with Gasteiger partial charge in [-0.25, -0.2) is 0 Å². The smallest absolute Gasteiger partial charge is 0.256 e. The Morgan fingerprint density at radius 2 is 2.47 bits per heavy atom. The predicted molar refractivity (Wildman–Crippen MR) is 58.1 cm³/mol. The van der Waals surface area contributed by atoms with Gasteiger partial charge in [0.05, 0.1) is 6.20 Å². The summed E-state index contributed by atoms with van der Waals surface area (Å²) < 4.78 is 4.80. The molecule has 2 aromatic rings. The number of hydrogen-bond acceptors (Lipinski definition) is 6. The summed E-state index contributed by atoms with van der Waals surface area (Å²) in [4.78, 5) is 15.6. The number of aromatic nitrogens is 4. The number of nitrogens with one attached hydrogen (secondary N) is 2. The Bertz CT molecular complexity index is 517. The van der Waals surface area contributed by atoms with E-state index < -0.39 is 0 Å². The number of aryl methyl sites for hydroxylation is 1. The summed E-state index contributed by atoms with van der Waals surface area (Å²) in [6, 6.07) is 0. The van der Waals surface area contributed by atoms with E-state index in [1.165, 1.54) is 6.20 Å². The third-order valence-electron chi connectivity index (χ3n) is 2.12. The molecule has 0 unspecified atom stereocenters. The van der Waals surface area contributed by atoms with Crippen LogP contribution in [0.3, 0.4) is 0 Å². The molecule has 2 heterocycles. The molecule has 0 spiro atoms. The summed E-state index contributed by atoms with van der Waals surface area (Å²) in [6.45, 7) is 2.11. The first-order valence-corrected chi connectivity index (χ1v) is 5.03. The van der Waals surface area contributed by atoms with Crippen LogP contribution in [-0.4, -0.2) is 32.8 Å². The number of amides is 1. The molecule has 0 aliphatic rings. The molecule has 17 heavy (non-hydrogen) atoms. The second-order valence-electron chi connectivity index (χ2n) is 3.43. The number of carbonyl (C=O) groups excluding carboxylic acids is 1. The van der Waals surface area contributed by atoms with Crippen LogP contribution in [0, 0.1) is 6.92 Å². The van der Waals surface area contributed by atoms with Crippen LogP contribution in [0.25, 0.3) is 0 Å². The second kappa shape index (κ2) is 4.64. The molecule has 0 aliphatic carbocycles. The minimum Gasteiger partial charge on any atom is -0.383 e. The fourth-order valence-electron chi connectivity index (χ4n) is 1.30. The van der Waals surface area contributed by atoms with E-state index in [1.54, 1.807) is 6.92 Å². The molecule has 8 heteroatoms. The van der Waals surface area contributed by atoms with Gasteiger partial charge in [-0.15, -0.1) is 0 Å². The Hall–Kier alpha value is -2.38. The van der Waals surface area contributed by atoms with Crippen LogP contribution in [-0.2, 0) is 6.42 Å². The minimum atomic E-state index is -0.281. The number of rotatable bonds is 4. The molecule has 1 amide bonds. The van der Waals surface area contributed by atoms with Gasteiger partial charge in [0, 0.05) is 19.9 Å². The summed E-state index contributed by atoms with van der Waals surface area (Å²) in [6.07, 6.45) is 1.88. The monoisotopic (exact) mass is 236 g/mol. The zero-order chi connectivity index (χ0) is 12.3. The van der Waals surface area contributed by atoms with Crippen molar-refractivity contribution in [3.63, 3.8) is 0 Å². The maximum absolute atomic E-state index is 11.6. The lowest BCUT2D eigenvalue weighted by Gasteiger charge is -2.01. The molecule has 0 bridgehead atoms. The molecule has 0 radical (unpaired) electrons. The van der Waals surface area contributed by atoms with Crippen molar-refractivity contribution in [2.24, 2.45) is 0 Å². The number of hydrogen-bond donors (Lipinski definition) is 3. The van der Waals surface area contributed by atoms with Crippen LogP contribution in [0.4, 0.5) is 5.82 Å². The van der Waals surface area contributed by atoms with Gasteiger partial charge in [-0.2, -0.15) is 10.1 Å². The van der Waals surface area contributed by atoms with Gasteiger partial charge in [-0.1, -0.05) is 5.16 Å². The van der Waals surface area contributed by atoms with Crippen molar-refractivity contribution in [2.45, 2.75) is 13.3 Å². The van der Waals surface area contributed by atoms with Crippen LogP contribution in [0.5, 0.6) is 0 Å². The molecule has 8 nitrogen and oxygen atoms in total. The van der Waals surface area contributed by atoms with Gasteiger partial charge in [0.15, 0.2) is 5.82 Å². The van der Waals surface area contributed by atoms with Gasteiger partial charge in [-0.3, -0.25) is 9.89 Å². The number of anilines is 1. The molecule has 0 aromatic carbocycles. The molecule has 4 N–H and O–H groups in total. The largest absolute Gasteiger partial charge is 0.383 e. The lowest BCUT2D eigenvalue weighted by molar-refractivity contribution is 0.0955. The maximum Gasteiger partial charge on any atom is 0.256 e. The summed E-state index contributed by atoms with van der Waals surface area (Å²) in [5.41, 5.74) is 5.84. The summed E-state index contributed by atoms with van der Waals surface area (Å²) in [5, 5.41) is 12.5. The second-order valence-corrected chi connectivity index (χ2v) is 3.43. The SMILES string of the molecule is Cc1nc(CCNC(=O)c2cn[nH]c2N)no1. The van der Waals surface area contributed by atoms with E-state index in [4.69, 9.17) is 10.3 Å². The van der Waals surface area contributed by atoms with Crippen molar-refractivity contribution in [3.05, 3.63) is 23.5 Å². The van der Waals surface area contributed by atoms with Gasteiger partial charge in [0.1, 0.15) is 11.4 Å². The molecule has 0 fully saturated rings. The molecule has 0 saturated carbocycles. The Balaban J connectivity index is 1.83. The Kier molecular flexibility index (Phi) is 3.03. The highest BCUT2D eigenvalue weighted by Crippen LogP contribution is 2.05. The zero-order valence-electron chi connectivity index (χ0n) is 9.23. The lowest BCUT2D eigenvalue weighted by atomic mass is 10.3. The number of nitrogens with two attached hydrogens (primary N) is 1. The molecular formula is C9H12N6O2. The highest BCUT2D eigenvalue weighted by molar-refractivity contribution is 5.98. The van der Waals surface area contributed by atoms with Crippen molar-refractivity contribution in [1.82, 2.24) is 25.7 Å². The van der Waals surface area contributed by atoms with Crippen molar-refractivity contribution in [3.8, 4) is 0 Å². The highest BCUT2D eigenvalue weighted by atomic mass is 16.5. The average Bonchev–Trinajstić information content (AvgIpc) is 2.87. The van der Waals surface area contributed by atoms with Crippen LogP contribution < -0.4 is 11.1 Å². The first-order valence-electron chi connectivity index (χ1n) is 5.03. The molecule has 2 aromatic heterocycles.